The summed E-state index contributed by atoms with van der Waals surface area (Å²) >= 11 is 0. The summed E-state index contributed by atoms with van der Waals surface area (Å²) in [7, 11) is 0. The number of hydrogen-bond donors (Lipinski definition) is 0. The van der Waals surface area contributed by atoms with Gasteiger partial charge in [-0.05, 0) is 42.0 Å². The summed E-state index contributed by atoms with van der Waals surface area (Å²) in [6, 6.07) is 8.77. The van der Waals surface area contributed by atoms with Crippen LogP contribution in [0.4, 0.5) is 17.6 Å². The number of alkyl halides is 3. The number of hydrogen-bond acceptors (Lipinski definition) is 3. The van der Waals surface area contributed by atoms with Gasteiger partial charge in [0.2, 0.25) is 0 Å². The van der Waals surface area contributed by atoms with Crippen molar-refractivity contribution in [3.8, 4) is 11.5 Å². The fourth-order valence-electron chi connectivity index (χ4n) is 2.47. The van der Waals surface area contributed by atoms with Crippen LogP contribution in [0.25, 0.3) is 0 Å². The summed E-state index contributed by atoms with van der Waals surface area (Å²) in [5.74, 6) is 0.287. The molecule has 0 bridgehead atoms. The Bertz CT molecular complexity index is 861. The molecule has 3 rings (SSSR count). The van der Waals surface area contributed by atoms with Crippen molar-refractivity contribution in [1.82, 2.24) is 14.8 Å². The lowest BCUT2D eigenvalue weighted by Crippen LogP contribution is -2.15. The summed E-state index contributed by atoms with van der Waals surface area (Å²) in [6.07, 6.45) is -1.80. The van der Waals surface area contributed by atoms with Crippen molar-refractivity contribution in [3.05, 3.63) is 78.0 Å². The van der Waals surface area contributed by atoms with E-state index in [1.165, 1.54) is 53.7 Å². The normalized spacial score (nSPS) is 11.8. The quantitative estimate of drug-likeness (QED) is 0.607. The van der Waals surface area contributed by atoms with Gasteiger partial charge in [-0.2, -0.15) is 18.3 Å². The lowest BCUT2D eigenvalue weighted by atomic mass is 9.95. The van der Waals surface area contributed by atoms with Gasteiger partial charge in [0.25, 0.3) is 0 Å². The molecule has 0 fully saturated rings. The first-order valence-corrected chi connectivity index (χ1v) is 7.63. The molecule has 0 saturated carbocycles. The fourth-order valence-corrected chi connectivity index (χ4v) is 2.47. The maximum atomic E-state index is 13.5. The number of nitrogens with zero attached hydrogens (tertiary/aromatic N) is 3. The smallest absolute Gasteiger partial charge is 0.416 e. The van der Waals surface area contributed by atoms with Crippen molar-refractivity contribution in [2.45, 2.75) is 19.6 Å². The predicted octanol–water partition coefficient (Wildman–Crippen LogP) is 4.87. The van der Waals surface area contributed by atoms with Crippen LogP contribution in [0.2, 0.25) is 0 Å². The van der Waals surface area contributed by atoms with Crippen LogP contribution in [0.15, 0.2) is 55.1 Å². The standard InChI is InChI=1S/C18H14F4N3O/c1-12(9-25-11-23-10-24-25)16-7-6-15(8-17(16)18(20,21)22)26-14-4-2-13(19)3-5-14/h2-8,10-11H,9H2,1H3. The highest BCUT2D eigenvalue weighted by Gasteiger charge is 2.35. The van der Waals surface area contributed by atoms with E-state index < -0.39 is 17.6 Å². The molecule has 0 atom stereocenters. The van der Waals surface area contributed by atoms with Gasteiger partial charge in [-0.25, -0.2) is 9.37 Å². The van der Waals surface area contributed by atoms with Gasteiger partial charge < -0.3 is 4.74 Å². The predicted molar refractivity (Wildman–Crippen MR) is 86.0 cm³/mol. The maximum Gasteiger partial charge on any atom is 0.416 e. The van der Waals surface area contributed by atoms with Crippen LogP contribution >= 0.6 is 0 Å². The van der Waals surface area contributed by atoms with Crippen molar-refractivity contribution in [1.29, 1.82) is 0 Å². The zero-order chi connectivity index (χ0) is 18.7. The molecule has 3 aromatic rings. The highest BCUT2D eigenvalue weighted by atomic mass is 19.4. The topological polar surface area (TPSA) is 39.9 Å². The molecule has 0 aliphatic carbocycles. The van der Waals surface area contributed by atoms with E-state index in [1.54, 1.807) is 6.92 Å². The van der Waals surface area contributed by atoms with Crippen LogP contribution in [-0.4, -0.2) is 14.8 Å². The molecule has 0 spiro atoms. The second-order valence-electron chi connectivity index (χ2n) is 5.63. The monoisotopic (exact) mass is 364 g/mol. The summed E-state index contributed by atoms with van der Waals surface area (Å²) in [6.45, 7) is 1.79. The molecular formula is C18H14F4N3O. The second kappa shape index (κ2) is 7.15. The third kappa shape index (κ3) is 4.19. The van der Waals surface area contributed by atoms with Gasteiger partial charge in [-0.3, -0.25) is 4.68 Å². The van der Waals surface area contributed by atoms with E-state index in [0.717, 1.165) is 6.07 Å². The SMILES string of the molecule is C[C](Cn1cncn1)c1ccc(Oc2ccc(F)cc2)cc1C(F)(F)F. The first kappa shape index (κ1) is 17.9. The Morgan fingerprint density at radius 2 is 1.77 bits per heavy atom. The number of benzene rings is 2. The van der Waals surface area contributed by atoms with Gasteiger partial charge in [0, 0.05) is 5.92 Å². The largest absolute Gasteiger partial charge is 0.457 e. The van der Waals surface area contributed by atoms with Gasteiger partial charge in [0.1, 0.15) is 30.0 Å². The van der Waals surface area contributed by atoms with Crippen molar-refractivity contribution < 1.29 is 22.3 Å². The second-order valence-corrected chi connectivity index (χ2v) is 5.63. The molecule has 0 amide bonds. The van der Waals surface area contributed by atoms with Gasteiger partial charge >= 0.3 is 6.18 Å². The summed E-state index contributed by atoms with van der Waals surface area (Å²) in [5.41, 5.74) is -0.755. The molecule has 0 aliphatic heterocycles. The van der Waals surface area contributed by atoms with Crippen molar-refractivity contribution in [3.63, 3.8) is 0 Å². The average Bonchev–Trinajstić information content (AvgIpc) is 3.09. The summed E-state index contributed by atoms with van der Waals surface area (Å²) in [4.78, 5) is 3.78. The Morgan fingerprint density at radius 3 is 2.38 bits per heavy atom. The van der Waals surface area contributed by atoms with E-state index in [-0.39, 0.29) is 23.6 Å². The van der Waals surface area contributed by atoms with Crippen molar-refractivity contribution in [2.75, 3.05) is 0 Å². The summed E-state index contributed by atoms with van der Waals surface area (Å²) in [5, 5.41) is 3.90. The third-order valence-electron chi connectivity index (χ3n) is 3.67. The first-order chi connectivity index (χ1) is 12.3. The van der Waals surface area contributed by atoms with E-state index in [1.807, 2.05) is 0 Å². The molecule has 26 heavy (non-hydrogen) atoms. The minimum Gasteiger partial charge on any atom is -0.457 e. The Morgan fingerprint density at radius 1 is 1.08 bits per heavy atom. The molecule has 0 aliphatic rings. The summed E-state index contributed by atoms with van der Waals surface area (Å²) < 4.78 is 60.3. The van der Waals surface area contributed by atoms with Gasteiger partial charge in [-0.15, -0.1) is 0 Å². The Labute approximate surface area is 147 Å². The highest BCUT2D eigenvalue weighted by Crippen LogP contribution is 2.38. The molecule has 2 aromatic carbocycles. The van der Waals surface area contributed by atoms with E-state index in [9.17, 15) is 17.6 Å². The fraction of sp³-hybridized carbons (Fsp3) is 0.167. The highest BCUT2D eigenvalue weighted by molar-refractivity contribution is 5.45. The van der Waals surface area contributed by atoms with Crippen LogP contribution < -0.4 is 4.74 Å². The van der Waals surface area contributed by atoms with Crippen LogP contribution in [0.5, 0.6) is 11.5 Å². The zero-order valence-corrected chi connectivity index (χ0v) is 13.7. The molecule has 0 unspecified atom stereocenters. The minimum absolute atomic E-state index is 0.0150. The third-order valence-corrected chi connectivity index (χ3v) is 3.67. The van der Waals surface area contributed by atoms with E-state index in [0.29, 0.717) is 5.92 Å². The Kier molecular flexibility index (Phi) is 4.92. The molecule has 1 heterocycles. The lowest BCUT2D eigenvalue weighted by molar-refractivity contribution is -0.138. The van der Waals surface area contributed by atoms with Crippen LogP contribution in [-0.2, 0) is 12.7 Å². The minimum atomic E-state index is -4.55. The number of aromatic nitrogens is 3. The molecular weight excluding hydrogens is 350 g/mol. The molecule has 0 saturated heterocycles. The average molecular weight is 364 g/mol. The molecule has 4 nitrogen and oxygen atoms in total. The number of halogens is 4. The molecule has 1 aromatic heterocycles. The van der Waals surface area contributed by atoms with Gasteiger partial charge in [-0.1, -0.05) is 13.0 Å². The Balaban J connectivity index is 1.89. The number of rotatable bonds is 5. The molecule has 1 radical (unpaired) electrons. The van der Waals surface area contributed by atoms with Crippen molar-refractivity contribution >= 4 is 0 Å². The van der Waals surface area contributed by atoms with Crippen LogP contribution in [0, 0.1) is 11.7 Å². The number of ether oxygens (including phenoxy) is 1. The molecule has 135 valence electrons. The van der Waals surface area contributed by atoms with Crippen molar-refractivity contribution in [2.24, 2.45) is 0 Å². The van der Waals surface area contributed by atoms with Crippen LogP contribution in [0.3, 0.4) is 0 Å². The molecule has 0 N–H and O–H groups in total. The Hall–Kier alpha value is -2.90. The van der Waals surface area contributed by atoms with Gasteiger partial charge in [0.15, 0.2) is 0 Å². The maximum absolute atomic E-state index is 13.5. The van der Waals surface area contributed by atoms with Crippen LogP contribution in [0.1, 0.15) is 18.1 Å². The molecule has 8 heteroatoms. The van der Waals surface area contributed by atoms with E-state index in [2.05, 4.69) is 10.1 Å². The first-order valence-electron chi connectivity index (χ1n) is 7.63. The van der Waals surface area contributed by atoms with Gasteiger partial charge in [0.05, 0.1) is 12.1 Å². The zero-order valence-electron chi connectivity index (χ0n) is 13.7. The van der Waals surface area contributed by atoms with E-state index in [4.69, 9.17) is 4.74 Å². The lowest BCUT2D eigenvalue weighted by Gasteiger charge is -2.19. The van der Waals surface area contributed by atoms with E-state index >= 15 is 0 Å².